The number of carbonyl (C=O) groups excluding carboxylic acids is 2. The number of aliphatic imine (C=N–C) groups is 1. The highest BCUT2D eigenvalue weighted by atomic mass is 28.4. The molecule has 2 aromatic carbocycles. The molecule has 3 amide bonds. The predicted molar refractivity (Wildman–Crippen MR) is 201 cm³/mol. The Morgan fingerprint density at radius 3 is 2.12 bits per heavy atom. The second kappa shape index (κ2) is 15.0. The molecule has 1 fully saturated rings. The molecule has 0 aliphatic carbocycles. The summed E-state index contributed by atoms with van der Waals surface area (Å²) in [5, 5.41) is 10.4. The van der Waals surface area contributed by atoms with Crippen LogP contribution in [0.1, 0.15) is 97.0 Å². The van der Waals surface area contributed by atoms with Crippen LogP contribution in [-0.2, 0) is 9.22 Å². The van der Waals surface area contributed by atoms with Gasteiger partial charge in [0.2, 0.25) is 5.91 Å². The SMILES string of the molecule is CCCN(CCC)C(=O)C1=Cc2ccc(-c3ccc(C(=O)N4CC[C@@H](O[Si](C)(C)C(C)(C)C)C4)cc3)cc2N=C(N(C(=O)O)C(C)(C)C)C1. The highest BCUT2D eigenvalue weighted by Gasteiger charge is 2.41. The predicted octanol–water partition coefficient (Wildman–Crippen LogP) is 8.83. The number of hydrogen-bond acceptors (Lipinski definition) is 5. The van der Waals surface area contributed by atoms with Crippen LogP contribution in [0.3, 0.4) is 0 Å². The highest BCUT2D eigenvalue weighted by molar-refractivity contribution is 6.74. The number of benzene rings is 2. The number of carboxylic acid groups (broad SMARTS) is 1. The van der Waals surface area contributed by atoms with E-state index in [4.69, 9.17) is 9.42 Å². The first-order valence-corrected chi connectivity index (χ1v) is 20.6. The van der Waals surface area contributed by atoms with E-state index in [-0.39, 0.29) is 29.4 Å². The van der Waals surface area contributed by atoms with Crippen LogP contribution < -0.4 is 0 Å². The van der Waals surface area contributed by atoms with E-state index in [1.54, 1.807) is 0 Å². The number of carbonyl (C=O) groups is 3. The summed E-state index contributed by atoms with van der Waals surface area (Å²) in [6, 6.07) is 13.4. The Morgan fingerprint density at radius 1 is 0.959 bits per heavy atom. The van der Waals surface area contributed by atoms with E-state index in [9.17, 15) is 19.5 Å². The van der Waals surface area contributed by atoms with Gasteiger partial charge in [0.1, 0.15) is 5.84 Å². The molecular formula is C39H56N4O5Si. The molecule has 0 unspecified atom stereocenters. The van der Waals surface area contributed by atoms with Crippen molar-refractivity contribution in [2.45, 2.75) is 111 Å². The van der Waals surface area contributed by atoms with Crippen LogP contribution in [0.2, 0.25) is 18.1 Å². The summed E-state index contributed by atoms with van der Waals surface area (Å²) >= 11 is 0. The molecule has 1 saturated heterocycles. The molecule has 49 heavy (non-hydrogen) atoms. The number of rotatable bonds is 9. The van der Waals surface area contributed by atoms with Gasteiger partial charge in [-0.05, 0) is 93.6 Å². The summed E-state index contributed by atoms with van der Waals surface area (Å²) in [6.45, 7) is 23.3. The van der Waals surface area contributed by atoms with Crippen LogP contribution in [0, 0.1) is 0 Å². The third-order valence-corrected chi connectivity index (χ3v) is 14.3. The van der Waals surface area contributed by atoms with Gasteiger partial charge in [0.05, 0.1) is 11.8 Å². The number of nitrogens with zero attached hydrogens (tertiary/aromatic N) is 4. The number of amides is 3. The molecule has 2 aliphatic heterocycles. The maximum absolute atomic E-state index is 13.8. The van der Waals surface area contributed by atoms with Gasteiger partial charge in [-0.3, -0.25) is 14.5 Å². The summed E-state index contributed by atoms with van der Waals surface area (Å²) in [7, 11) is -1.92. The minimum absolute atomic E-state index is 0.00233. The maximum Gasteiger partial charge on any atom is 0.413 e. The van der Waals surface area contributed by atoms with Gasteiger partial charge < -0.3 is 19.3 Å². The quantitative estimate of drug-likeness (QED) is 0.265. The highest BCUT2D eigenvalue weighted by Crippen LogP contribution is 2.39. The third-order valence-electron chi connectivity index (χ3n) is 9.79. The molecule has 0 radical (unpaired) electrons. The van der Waals surface area contributed by atoms with Crippen molar-refractivity contribution in [2.24, 2.45) is 4.99 Å². The zero-order chi connectivity index (χ0) is 36.3. The first-order chi connectivity index (χ1) is 22.9. The Kier molecular flexibility index (Phi) is 11.7. The van der Waals surface area contributed by atoms with Crippen molar-refractivity contribution in [3.05, 3.63) is 59.2 Å². The lowest BCUT2D eigenvalue weighted by molar-refractivity contribution is -0.127. The minimum Gasteiger partial charge on any atom is -0.465 e. The van der Waals surface area contributed by atoms with Gasteiger partial charge in [0.25, 0.3) is 5.91 Å². The lowest BCUT2D eigenvalue weighted by atomic mass is 9.99. The first kappa shape index (κ1) is 38.0. The molecule has 9 nitrogen and oxygen atoms in total. The zero-order valence-electron chi connectivity index (χ0n) is 31.2. The molecule has 1 atom stereocenters. The lowest BCUT2D eigenvalue weighted by Gasteiger charge is -2.38. The van der Waals surface area contributed by atoms with E-state index in [1.807, 2.05) is 93.0 Å². The van der Waals surface area contributed by atoms with E-state index >= 15 is 0 Å². The van der Waals surface area contributed by atoms with E-state index in [0.717, 1.165) is 36.0 Å². The van der Waals surface area contributed by atoms with Gasteiger partial charge in [0, 0.05) is 54.8 Å². The van der Waals surface area contributed by atoms with Crippen molar-refractivity contribution in [2.75, 3.05) is 26.2 Å². The van der Waals surface area contributed by atoms with Gasteiger partial charge in [0.15, 0.2) is 8.32 Å². The molecule has 4 rings (SSSR count). The Bertz CT molecular complexity index is 1590. The fraction of sp³-hybridized carbons (Fsp3) is 0.538. The number of hydrogen-bond donors (Lipinski definition) is 1. The molecular weight excluding hydrogens is 633 g/mol. The lowest BCUT2D eigenvalue weighted by Crippen LogP contribution is -2.49. The normalized spacial score (nSPS) is 16.8. The van der Waals surface area contributed by atoms with Crippen LogP contribution in [-0.4, -0.2) is 89.7 Å². The van der Waals surface area contributed by atoms with Gasteiger partial charge in [-0.2, -0.15) is 0 Å². The van der Waals surface area contributed by atoms with Crippen molar-refractivity contribution in [3.8, 4) is 11.1 Å². The molecule has 0 spiro atoms. The Morgan fingerprint density at radius 2 is 1.57 bits per heavy atom. The van der Waals surface area contributed by atoms with Crippen LogP contribution in [0.25, 0.3) is 17.2 Å². The van der Waals surface area contributed by atoms with Gasteiger partial charge in [-0.1, -0.05) is 58.9 Å². The van der Waals surface area contributed by atoms with Gasteiger partial charge in [-0.15, -0.1) is 0 Å². The summed E-state index contributed by atoms with van der Waals surface area (Å²) in [4.78, 5) is 49.8. The first-order valence-electron chi connectivity index (χ1n) is 17.7. The van der Waals surface area contributed by atoms with Gasteiger partial charge in [-0.25, -0.2) is 9.79 Å². The second-order valence-corrected chi connectivity index (χ2v) is 20.6. The Balaban J connectivity index is 1.63. The van der Waals surface area contributed by atoms with E-state index in [1.165, 1.54) is 4.90 Å². The summed E-state index contributed by atoms with van der Waals surface area (Å²) in [5.41, 5.74) is 3.50. The largest absolute Gasteiger partial charge is 0.465 e. The van der Waals surface area contributed by atoms with Crippen LogP contribution in [0.15, 0.2) is 53.0 Å². The fourth-order valence-corrected chi connectivity index (χ4v) is 7.61. The molecule has 0 saturated carbocycles. The number of amidine groups is 1. The molecule has 2 aliphatic rings. The zero-order valence-corrected chi connectivity index (χ0v) is 32.2. The molecule has 10 heteroatoms. The molecule has 1 N–H and O–H groups in total. The molecule has 2 heterocycles. The fourth-order valence-electron chi connectivity index (χ4n) is 6.23. The van der Waals surface area contributed by atoms with E-state index < -0.39 is 19.9 Å². The topological polar surface area (TPSA) is 103 Å². The smallest absolute Gasteiger partial charge is 0.413 e. The molecule has 0 bridgehead atoms. The Hall–Kier alpha value is -3.76. The summed E-state index contributed by atoms with van der Waals surface area (Å²) in [6.07, 6.45) is 3.42. The van der Waals surface area contributed by atoms with Crippen molar-refractivity contribution in [3.63, 3.8) is 0 Å². The van der Waals surface area contributed by atoms with E-state index in [2.05, 4.69) is 33.9 Å². The van der Waals surface area contributed by atoms with E-state index in [0.29, 0.717) is 48.8 Å². The van der Waals surface area contributed by atoms with Gasteiger partial charge >= 0.3 is 6.09 Å². The third kappa shape index (κ3) is 8.89. The standard InChI is InChI=1S/C39H56N4O5Si/c1-11-20-41(21-12-2)36(45)31-23-30-18-17-29(24-33(30)40-34(25-31)43(37(46)47)38(3,4)5)27-13-15-28(16-14-27)35(44)42-22-19-32(26-42)48-49(9,10)39(6,7)8/h13-18,23-24,32H,11-12,19-22,25-26H2,1-10H3,(H,46,47)/t32-/m1/s1. The summed E-state index contributed by atoms with van der Waals surface area (Å²) < 4.78 is 6.59. The monoisotopic (exact) mass is 688 g/mol. The second-order valence-electron chi connectivity index (χ2n) is 15.8. The van der Waals surface area contributed by atoms with Crippen molar-refractivity contribution in [1.29, 1.82) is 0 Å². The van der Waals surface area contributed by atoms with Crippen LogP contribution >= 0.6 is 0 Å². The Labute approximate surface area is 294 Å². The molecule has 0 aromatic heterocycles. The van der Waals surface area contributed by atoms with Crippen LogP contribution in [0.5, 0.6) is 0 Å². The molecule has 266 valence electrons. The van der Waals surface area contributed by atoms with Crippen molar-refractivity contribution >= 4 is 43.8 Å². The average Bonchev–Trinajstić information content (AvgIpc) is 3.38. The van der Waals surface area contributed by atoms with Crippen molar-refractivity contribution < 1.29 is 23.9 Å². The maximum atomic E-state index is 13.8. The number of likely N-dealkylation sites (tertiary alicyclic amines) is 1. The average molecular weight is 689 g/mol. The van der Waals surface area contributed by atoms with Crippen molar-refractivity contribution in [1.82, 2.24) is 14.7 Å². The van der Waals surface area contributed by atoms with Crippen LogP contribution in [0.4, 0.5) is 10.5 Å². The number of fused-ring (bicyclic) bond motifs is 1. The molecule has 2 aromatic rings. The summed E-state index contributed by atoms with van der Waals surface area (Å²) in [5.74, 6) is 0.220. The minimum atomic E-state index is -1.92.